The highest BCUT2D eigenvalue weighted by atomic mass is 32.2. The molecule has 10 heteroatoms. The highest BCUT2D eigenvalue weighted by Crippen LogP contribution is 2.31. The Morgan fingerprint density at radius 1 is 1.21 bits per heavy atom. The van der Waals surface area contributed by atoms with Gasteiger partial charge in [0.1, 0.15) is 16.1 Å². The zero-order valence-corrected chi connectivity index (χ0v) is 24.3. The molecular weight excluding hydrogens is 522 g/mol. The Labute approximate surface area is 231 Å². The van der Waals surface area contributed by atoms with Gasteiger partial charge in [-0.2, -0.15) is 0 Å². The van der Waals surface area contributed by atoms with Gasteiger partial charge in [-0.05, 0) is 62.4 Å². The van der Waals surface area contributed by atoms with Gasteiger partial charge in [-0.15, -0.1) is 11.3 Å². The van der Waals surface area contributed by atoms with Crippen LogP contribution >= 0.6 is 11.3 Å². The van der Waals surface area contributed by atoms with Crippen molar-refractivity contribution < 1.29 is 23.1 Å². The lowest BCUT2D eigenvalue weighted by Gasteiger charge is -2.35. The Balaban J connectivity index is 1.59. The average Bonchev–Trinajstić information content (AvgIpc) is 3.44. The maximum Gasteiger partial charge on any atom is 0.271 e. The molecule has 2 heterocycles. The van der Waals surface area contributed by atoms with Crippen LogP contribution in [0.5, 0.6) is 5.75 Å². The molecule has 210 valence electrons. The Kier molecular flexibility index (Phi) is 9.73. The number of nitrogens with one attached hydrogen (secondary N) is 1. The molecule has 1 aromatic heterocycles. The van der Waals surface area contributed by atoms with Crippen molar-refractivity contribution in [2.45, 2.75) is 68.7 Å². The fraction of sp³-hybridized carbons (Fsp3) is 0.607. The molecule has 1 fully saturated rings. The number of aliphatic hydroxyl groups is 1. The molecule has 0 unspecified atom stereocenters. The lowest BCUT2D eigenvalue weighted by Crippen LogP contribution is -2.48. The molecule has 0 bridgehead atoms. The van der Waals surface area contributed by atoms with E-state index in [1.54, 1.807) is 40.6 Å². The third-order valence-electron chi connectivity index (χ3n) is 7.71. The number of anilines is 1. The predicted octanol–water partition coefficient (Wildman–Crippen LogP) is 4.21. The summed E-state index contributed by atoms with van der Waals surface area (Å²) >= 11 is 1.15. The van der Waals surface area contributed by atoms with E-state index in [0.29, 0.717) is 29.5 Å². The molecule has 0 saturated heterocycles. The molecule has 1 aromatic carbocycles. The molecule has 0 radical (unpaired) electrons. The lowest BCUT2D eigenvalue weighted by atomic mass is 9.89. The Bertz CT molecular complexity index is 1170. The van der Waals surface area contributed by atoms with Crippen LogP contribution in [-0.4, -0.2) is 74.7 Å². The van der Waals surface area contributed by atoms with E-state index in [1.165, 1.54) is 32.1 Å². The summed E-state index contributed by atoms with van der Waals surface area (Å²) in [5, 5.41) is 11.6. The van der Waals surface area contributed by atoms with E-state index in [2.05, 4.69) is 23.6 Å². The summed E-state index contributed by atoms with van der Waals surface area (Å²) in [5.74, 6) is 1.22. The second-order valence-electron chi connectivity index (χ2n) is 11.0. The fourth-order valence-electron chi connectivity index (χ4n) is 5.52. The first kappa shape index (κ1) is 28.9. The van der Waals surface area contributed by atoms with E-state index in [1.807, 2.05) is 6.92 Å². The SMILES string of the molecule is C[C@@H]1CN([C@H](C)CO)C(=O)Cc2cc(NS(=O)(=O)c3cccs3)ccc2O[C@@H]1CN(C)CC1CCCCC1. The van der Waals surface area contributed by atoms with Gasteiger partial charge >= 0.3 is 0 Å². The quantitative estimate of drug-likeness (QED) is 0.474. The van der Waals surface area contributed by atoms with Crippen LogP contribution in [0, 0.1) is 11.8 Å². The van der Waals surface area contributed by atoms with Gasteiger partial charge in [-0.1, -0.05) is 32.3 Å². The maximum atomic E-state index is 13.4. The first-order valence-electron chi connectivity index (χ1n) is 13.6. The molecule has 38 heavy (non-hydrogen) atoms. The van der Waals surface area contributed by atoms with Crippen LogP contribution < -0.4 is 9.46 Å². The normalized spacial score (nSPS) is 22.2. The number of rotatable bonds is 9. The molecule has 8 nitrogen and oxygen atoms in total. The number of hydrogen-bond donors (Lipinski definition) is 2. The molecule has 2 aliphatic rings. The molecular formula is C28H41N3O5S2. The van der Waals surface area contributed by atoms with Crippen molar-refractivity contribution >= 4 is 33.0 Å². The monoisotopic (exact) mass is 563 g/mol. The van der Waals surface area contributed by atoms with Crippen LogP contribution in [0.3, 0.4) is 0 Å². The van der Waals surface area contributed by atoms with Gasteiger partial charge in [-0.25, -0.2) is 8.42 Å². The van der Waals surface area contributed by atoms with Gasteiger partial charge < -0.3 is 19.6 Å². The van der Waals surface area contributed by atoms with Crippen molar-refractivity contribution in [1.29, 1.82) is 0 Å². The summed E-state index contributed by atoms with van der Waals surface area (Å²) in [6, 6.07) is 8.07. The number of hydrogen-bond acceptors (Lipinski definition) is 7. The standard InChI is InChI=1S/C28H41N3O5S2/c1-20-16-31(21(2)19-32)27(33)15-23-14-24(29-38(34,35)28-10-7-13-37-28)11-12-25(23)36-26(20)18-30(3)17-22-8-5-4-6-9-22/h7,10-14,20-22,26,29,32H,4-6,8-9,15-19H2,1-3H3/t20-,21-,26-/m1/s1. The van der Waals surface area contributed by atoms with Gasteiger partial charge in [-0.3, -0.25) is 9.52 Å². The van der Waals surface area contributed by atoms with Crippen LogP contribution in [0.25, 0.3) is 0 Å². The van der Waals surface area contributed by atoms with Crippen molar-refractivity contribution in [3.05, 3.63) is 41.3 Å². The minimum atomic E-state index is -3.72. The molecule has 0 spiro atoms. The molecule has 2 N–H and O–H groups in total. The average molecular weight is 564 g/mol. The minimum Gasteiger partial charge on any atom is -0.488 e. The highest BCUT2D eigenvalue weighted by Gasteiger charge is 2.31. The topological polar surface area (TPSA) is 99.2 Å². The number of aliphatic hydroxyl groups excluding tert-OH is 1. The molecule has 2 aromatic rings. The van der Waals surface area contributed by atoms with E-state index in [9.17, 15) is 18.3 Å². The second-order valence-corrected chi connectivity index (χ2v) is 13.8. The number of nitrogens with zero attached hydrogens (tertiary/aromatic N) is 2. The maximum absolute atomic E-state index is 13.4. The number of carbonyl (C=O) groups is 1. The molecule has 1 amide bonds. The molecule has 4 rings (SSSR count). The molecule has 1 aliphatic heterocycles. The van der Waals surface area contributed by atoms with E-state index in [-0.39, 0.29) is 41.2 Å². The Morgan fingerprint density at radius 2 is 1.97 bits per heavy atom. The summed E-state index contributed by atoms with van der Waals surface area (Å²) in [6.07, 6.45) is 6.37. The number of likely N-dealkylation sites (N-methyl/N-ethyl adjacent to an activating group) is 1. The third-order valence-corrected chi connectivity index (χ3v) is 10.5. The van der Waals surface area contributed by atoms with Crippen molar-refractivity contribution in [2.24, 2.45) is 11.8 Å². The second kappa shape index (κ2) is 12.8. The van der Waals surface area contributed by atoms with Crippen molar-refractivity contribution in [1.82, 2.24) is 9.80 Å². The van der Waals surface area contributed by atoms with Gasteiger partial charge in [0.25, 0.3) is 10.0 Å². The number of amides is 1. The van der Waals surface area contributed by atoms with Crippen LogP contribution in [0.2, 0.25) is 0 Å². The van der Waals surface area contributed by atoms with Crippen LogP contribution in [0.4, 0.5) is 5.69 Å². The molecule has 3 atom stereocenters. The summed E-state index contributed by atoms with van der Waals surface area (Å²) in [4.78, 5) is 17.5. The third kappa shape index (κ3) is 7.28. The smallest absolute Gasteiger partial charge is 0.271 e. The van der Waals surface area contributed by atoms with Crippen LogP contribution in [0.1, 0.15) is 51.5 Å². The number of ether oxygens (including phenoxy) is 1. The van der Waals surface area contributed by atoms with Crippen LogP contribution in [-0.2, 0) is 21.2 Å². The van der Waals surface area contributed by atoms with Gasteiger partial charge in [0.2, 0.25) is 5.91 Å². The zero-order valence-electron chi connectivity index (χ0n) is 22.6. The minimum absolute atomic E-state index is 0.0321. The largest absolute Gasteiger partial charge is 0.488 e. The van der Waals surface area contributed by atoms with Crippen molar-refractivity contribution in [3.63, 3.8) is 0 Å². The summed E-state index contributed by atoms with van der Waals surface area (Å²) in [5.41, 5.74) is 1.01. The number of carbonyl (C=O) groups excluding carboxylic acids is 1. The number of fused-ring (bicyclic) bond motifs is 1. The number of sulfonamides is 1. The highest BCUT2D eigenvalue weighted by molar-refractivity contribution is 7.94. The van der Waals surface area contributed by atoms with E-state index < -0.39 is 10.0 Å². The summed E-state index contributed by atoms with van der Waals surface area (Å²) in [7, 11) is -1.58. The lowest BCUT2D eigenvalue weighted by molar-refractivity contribution is -0.134. The zero-order chi connectivity index (χ0) is 27.3. The Morgan fingerprint density at radius 3 is 2.66 bits per heavy atom. The molecule has 1 saturated carbocycles. The fourth-order valence-corrected chi connectivity index (χ4v) is 7.57. The van der Waals surface area contributed by atoms with Gasteiger partial charge in [0.15, 0.2) is 0 Å². The van der Waals surface area contributed by atoms with E-state index >= 15 is 0 Å². The summed E-state index contributed by atoms with van der Waals surface area (Å²) < 4.78 is 35.0. The number of thiophene rings is 1. The van der Waals surface area contributed by atoms with E-state index in [0.717, 1.165) is 24.4 Å². The molecule has 1 aliphatic carbocycles. The van der Waals surface area contributed by atoms with E-state index in [4.69, 9.17) is 4.74 Å². The van der Waals surface area contributed by atoms with Crippen LogP contribution in [0.15, 0.2) is 39.9 Å². The van der Waals surface area contributed by atoms with Crippen molar-refractivity contribution in [2.75, 3.05) is 38.0 Å². The summed E-state index contributed by atoms with van der Waals surface area (Å²) in [6.45, 7) is 6.05. The van der Waals surface area contributed by atoms with Gasteiger partial charge in [0.05, 0.1) is 19.1 Å². The van der Waals surface area contributed by atoms with Crippen molar-refractivity contribution in [3.8, 4) is 5.75 Å². The predicted molar refractivity (Wildman–Crippen MR) is 151 cm³/mol. The first-order valence-corrected chi connectivity index (χ1v) is 16.0. The van der Waals surface area contributed by atoms with Gasteiger partial charge in [0, 0.05) is 36.8 Å². The number of benzene rings is 1. The first-order chi connectivity index (χ1) is 18.2. The Hall–Kier alpha value is -2.14.